The first kappa shape index (κ1) is 13.2. The zero-order chi connectivity index (χ0) is 13.8. The van der Waals surface area contributed by atoms with E-state index in [1.54, 1.807) is 25.3 Å². The Balaban J connectivity index is 2.24. The maximum atomic E-state index is 10.8. The minimum atomic E-state index is -0.398. The molecule has 0 aliphatic carbocycles. The number of nitrogens with one attached hydrogen (secondary N) is 1. The lowest BCUT2D eigenvalue weighted by molar-refractivity contribution is -0.385. The second kappa shape index (κ2) is 5.62. The van der Waals surface area contributed by atoms with Gasteiger partial charge in [0.1, 0.15) is 6.26 Å². The summed E-state index contributed by atoms with van der Waals surface area (Å²) in [6.07, 6.45) is 1.59. The molecule has 1 aromatic carbocycles. The Kier molecular flexibility index (Phi) is 3.91. The predicted molar refractivity (Wildman–Crippen MR) is 70.7 cm³/mol. The third-order valence-electron chi connectivity index (χ3n) is 2.75. The number of nitro benzene ring substituents is 1. The van der Waals surface area contributed by atoms with Crippen LogP contribution in [0.15, 0.2) is 28.9 Å². The lowest BCUT2D eigenvalue weighted by Gasteiger charge is -1.99. The van der Waals surface area contributed by atoms with Crippen LogP contribution in [0.25, 0.3) is 11.5 Å². The number of nitrogens with zero attached hydrogens (tertiary/aromatic N) is 2. The Bertz CT molecular complexity index is 593. The van der Waals surface area contributed by atoms with Gasteiger partial charge >= 0.3 is 0 Å². The van der Waals surface area contributed by atoms with Crippen molar-refractivity contribution in [2.45, 2.75) is 20.4 Å². The van der Waals surface area contributed by atoms with Gasteiger partial charge in [0, 0.05) is 23.7 Å². The molecule has 100 valence electrons. The Morgan fingerprint density at radius 2 is 2.26 bits per heavy atom. The second-order valence-corrected chi connectivity index (χ2v) is 4.18. The van der Waals surface area contributed by atoms with Crippen molar-refractivity contribution >= 4 is 5.69 Å². The molecule has 6 nitrogen and oxygen atoms in total. The molecule has 0 saturated heterocycles. The fraction of sp³-hybridized carbons (Fsp3) is 0.308. The highest BCUT2D eigenvalue weighted by Gasteiger charge is 2.13. The standard InChI is InChI=1S/C13H15N3O3/c1-3-14-7-11-8-19-13(15-11)10-4-5-12(16(17)18)9(2)6-10/h4-6,8,14H,3,7H2,1-2H3. The van der Waals surface area contributed by atoms with Gasteiger partial charge in [-0.2, -0.15) is 0 Å². The van der Waals surface area contributed by atoms with Gasteiger partial charge in [0.05, 0.1) is 10.6 Å². The summed E-state index contributed by atoms with van der Waals surface area (Å²) in [7, 11) is 0. The molecule has 1 heterocycles. The smallest absolute Gasteiger partial charge is 0.272 e. The van der Waals surface area contributed by atoms with Crippen molar-refractivity contribution in [1.82, 2.24) is 10.3 Å². The lowest BCUT2D eigenvalue weighted by Crippen LogP contribution is -2.11. The van der Waals surface area contributed by atoms with E-state index in [4.69, 9.17) is 4.42 Å². The van der Waals surface area contributed by atoms with Crippen LogP contribution in [0, 0.1) is 17.0 Å². The Morgan fingerprint density at radius 3 is 2.89 bits per heavy atom. The van der Waals surface area contributed by atoms with Crippen molar-refractivity contribution < 1.29 is 9.34 Å². The molecule has 1 aromatic heterocycles. The summed E-state index contributed by atoms with van der Waals surface area (Å²) in [5.41, 5.74) is 2.25. The van der Waals surface area contributed by atoms with E-state index in [0.29, 0.717) is 18.0 Å². The molecule has 0 spiro atoms. The van der Waals surface area contributed by atoms with E-state index in [9.17, 15) is 10.1 Å². The van der Waals surface area contributed by atoms with Crippen LogP contribution in [0.4, 0.5) is 5.69 Å². The van der Waals surface area contributed by atoms with E-state index < -0.39 is 4.92 Å². The van der Waals surface area contributed by atoms with Crippen LogP contribution in [-0.4, -0.2) is 16.5 Å². The van der Waals surface area contributed by atoms with Crippen molar-refractivity contribution in [2.24, 2.45) is 0 Å². The zero-order valence-corrected chi connectivity index (χ0v) is 10.8. The number of nitro groups is 1. The van der Waals surface area contributed by atoms with Gasteiger partial charge in [-0.1, -0.05) is 6.92 Å². The molecule has 0 amide bonds. The van der Waals surface area contributed by atoms with Crippen molar-refractivity contribution in [3.8, 4) is 11.5 Å². The summed E-state index contributed by atoms with van der Waals surface area (Å²) in [5.74, 6) is 0.478. The normalized spacial score (nSPS) is 10.6. The molecule has 0 bridgehead atoms. The molecule has 0 unspecified atom stereocenters. The minimum Gasteiger partial charge on any atom is -0.444 e. The van der Waals surface area contributed by atoms with Crippen LogP contribution in [0.1, 0.15) is 18.2 Å². The minimum absolute atomic E-state index is 0.100. The molecule has 6 heteroatoms. The maximum absolute atomic E-state index is 10.8. The molecule has 0 aliphatic rings. The van der Waals surface area contributed by atoms with E-state index in [-0.39, 0.29) is 5.69 Å². The highest BCUT2D eigenvalue weighted by atomic mass is 16.6. The van der Waals surface area contributed by atoms with Crippen LogP contribution in [0.2, 0.25) is 0 Å². The summed E-state index contributed by atoms with van der Waals surface area (Å²) in [6.45, 7) is 5.22. The molecule has 0 aliphatic heterocycles. The molecule has 0 atom stereocenters. The SMILES string of the molecule is CCNCc1coc(-c2ccc([N+](=O)[O-])c(C)c2)n1. The number of hydrogen-bond donors (Lipinski definition) is 1. The number of aryl methyl sites for hydroxylation is 1. The van der Waals surface area contributed by atoms with Gasteiger partial charge in [0.15, 0.2) is 0 Å². The molecule has 2 aromatic rings. The summed E-state index contributed by atoms with van der Waals surface area (Å²) >= 11 is 0. The van der Waals surface area contributed by atoms with E-state index in [0.717, 1.165) is 17.8 Å². The molecule has 0 fully saturated rings. The van der Waals surface area contributed by atoms with Crippen LogP contribution in [0.3, 0.4) is 0 Å². The molecule has 1 N–H and O–H groups in total. The molecular formula is C13H15N3O3. The fourth-order valence-electron chi connectivity index (χ4n) is 1.77. The summed E-state index contributed by atoms with van der Waals surface area (Å²) in [5, 5.41) is 13.9. The summed E-state index contributed by atoms with van der Waals surface area (Å²) in [6, 6.07) is 4.83. The van der Waals surface area contributed by atoms with Crippen LogP contribution >= 0.6 is 0 Å². The third-order valence-corrected chi connectivity index (χ3v) is 2.75. The highest BCUT2D eigenvalue weighted by molar-refractivity contribution is 5.59. The van der Waals surface area contributed by atoms with Crippen molar-refractivity contribution in [3.05, 3.63) is 45.8 Å². The zero-order valence-electron chi connectivity index (χ0n) is 10.8. The van der Waals surface area contributed by atoms with Crippen LogP contribution in [0.5, 0.6) is 0 Å². The second-order valence-electron chi connectivity index (χ2n) is 4.18. The quantitative estimate of drug-likeness (QED) is 0.661. The van der Waals surface area contributed by atoms with Gasteiger partial charge in [-0.25, -0.2) is 4.98 Å². The molecule has 19 heavy (non-hydrogen) atoms. The summed E-state index contributed by atoms with van der Waals surface area (Å²) in [4.78, 5) is 14.7. The van der Waals surface area contributed by atoms with E-state index >= 15 is 0 Å². The van der Waals surface area contributed by atoms with Crippen LogP contribution < -0.4 is 5.32 Å². The van der Waals surface area contributed by atoms with E-state index in [2.05, 4.69) is 10.3 Å². The van der Waals surface area contributed by atoms with Gasteiger partial charge in [0.25, 0.3) is 5.69 Å². The highest BCUT2D eigenvalue weighted by Crippen LogP contribution is 2.25. The Hall–Kier alpha value is -2.21. The van der Waals surface area contributed by atoms with E-state index in [1.165, 1.54) is 6.07 Å². The Labute approximate surface area is 110 Å². The first-order valence-electron chi connectivity index (χ1n) is 6.02. The predicted octanol–water partition coefficient (Wildman–Crippen LogP) is 2.67. The first-order chi connectivity index (χ1) is 9.11. The number of hydrogen-bond acceptors (Lipinski definition) is 5. The number of benzene rings is 1. The van der Waals surface area contributed by atoms with Gasteiger partial charge in [-0.05, 0) is 25.6 Å². The van der Waals surface area contributed by atoms with Crippen molar-refractivity contribution in [3.63, 3.8) is 0 Å². The maximum Gasteiger partial charge on any atom is 0.272 e. The van der Waals surface area contributed by atoms with Gasteiger partial charge in [-0.15, -0.1) is 0 Å². The van der Waals surface area contributed by atoms with Gasteiger partial charge in [-0.3, -0.25) is 10.1 Å². The van der Waals surface area contributed by atoms with Crippen LogP contribution in [-0.2, 0) is 6.54 Å². The van der Waals surface area contributed by atoms with E-state index in [1.807, 2.05) is 6.92 Å². The molecule has 0 saturated carbocycles. The summed E-state index contributed by atoms with van der Waals surface area (Å²) < 4.78 is 5.38. The Morgan fingerprint density at radius 1 is 1.47 bits per heavy atom. The number of aromatic nitrogens is 1. The molecule has 2 rings (SSSR count). The van der Waals surface area contributed by atoms with Gasteiger partial charge in [0.2, 0.25) is 5.89 Å². The number of rotatable bonds is 5. The largest absolute Gasteiger partial charge is 0.444 e. The molecular weight excluding hydrogens is 246 g/mol. The van der Waals surface area contributed by atoms with Crippen molar-refractivity contribution in [1.29, 1.82) is 0 Å². The topological polar surface area (TPSA) is 81.2 Å². The van der Waals surface area contributed by atoms with Crippen molar-refractivity contribution in [2.75, 3.05) is 6.54 Å². The monoisotopic (exact) mass is 261 g/mol. The first-order valence-corrected chi connectivity index (χ1v) is 6.02. The lowest BCUT2D eigenvalue weighted by atomic mass is 10.1. The fourth-order valence-corrected chi connectivity index (χ4v) is 1.77. The average Bonchev–Trinajstić information content (AvgIpc) is 2.84. The third kappa shape index (κ3) is 2.97. The average molecular weight is 261 g/mol. The molecule has 0 radical (unpaired) electrons. The number of oxazole rings is 1. The van der Waals surface area contributed by atoms with Gasteiger partial charge < -0.3 is 9.73 Å².